The number of hydrogen-bond donors (Lipinski definition) is 1. The zero-order chi connectivity index (χ0) is 12.5. The van der Waals surface area contributed by atoms with Gasteiger partial charge in [0.1, 0.15) is 0 Å². The Bertz CT molecular complexity index is 266. The van der Waals surface area contributed by atoms with Crippen molar-refractivity contribution in [1.82, 2.24) is 4.90 Å². The first-order chi connectivity index (χ1) is 8.76. The second-order valence-electron chi connectivity index (χ2n) is 6.74. The Morgan fingerprint density at radius 3 is 2.39 bits per heavy atom. The lowest BCUT2D eigenvalue weighted by Crippen LogP contribution is -2.47. The smallest absolute Gasteiger partial charge is 0.0605 e. The van der Waals surface area contributed by atoms with Crippen molar-refractivity contribution in [2.75, 3.05) is 19.8 Å². The van der Waals surface area contributed by atoms with E-state index in [9.17, 15) is 5.11 Å². The van der Waals surface area contributed by atoms with Crippen LogP contribution in [0.4, 0.5) is 0 Å². The molecule has 2 bridgehead atoms. The maximum Gasteiger partial charge on any atom is 0.0605 e. The van der Waals surface area contributed by atoms with Gasteiger partial charge in [-0.15, -0.1) is 0 Å². The molecule has 2 aliphatic heterocycles. The summed E-state index contributed by atoms with van der Waals surface area (Å²) in [7, 11) is 0. The van der Waals surface area contributed by atoms with Gasteiger partial charge in [0, 0.05) is 31.8 Å². The molecular weight excluding hydrogens is 226 g/mol. The first-order valence-corrected chi connectivity index (χ1v) is 7.74. The highest BCUT2D eigenvalue weighted by atomic mass is 16.5. The van der Waals surface area contributed by atoms with Crippen molar-refractivity contribution in [1.29, 1.82) is 0 Å². The lowest BCUT2D eigenvalue weighted by Gasteiger charge is -2.40. The van der Waals surface area contributed by atoms with Gasteiger partial charge in [-0.05, 0) is 50.4 Å². The molecule has 1 N–H and O–H groups in total. The largest absolute Gasteiger partial charge is 0.396 e. The molecule has 3 nitrogen and oxygen atoms in total. The molecule has 18 heavy (non-hydrogen) atoms. The van der Waals surface area contributed by atoms with Crippen molar-refractivity contribution >= 4 is 0 Å². The molecule has 3 heteroatoms. The van der Waals surface area contributed by atoms with Crippen LogP contribution in [0, 0.1) is 11.8 Å². The number of aliphatic hydroxyl groups is 1. The van der Waals surface area contributed by atoms with Crippen molar-refractivity contribution in [3.05, 3.63) is 0 Å². The third kappa shape index (κ3) is 2.89. The highest BCUT2D eigenvalue weighted by molar-refractivity contribution is 4.96. The fourth-order valence-corrected chi connectivity index (χ4v) is 3.63. The average Bonchev–Trinajstić information content (AvgIpc) is 3.16. The van der Waals surface area contributed by atoms with Crippen LogP contribution in [0.15, 0.2) is 0 Å². The quantitative estimate of drug-likeness (QED) is 0.786. The minimum Gasteiger partial charge on any atom is -0.396 e. The number of aliphatic hydroxyl groups excluding tert-OH is 1. The van der Waals surface area contributed by atoms with Crippen LogP contribution in [-0.4, -0.2) is 48.0 Å². The van der Waals surface area contributed by atoms with Gasteiger partial charge in [-0.3, -0.25) is 4.90 Å². The number of fused-ring (bicyclic) bond motifs is 2. The Kier molecular flexibility index (Phi) is 3.92. The number of rotatable bonds is 6. The van der Waals surface area contributed by atoms with Gasteiger partial charge >= 0.3 is 0 Å². The fraction of sp³-hybridized carbons (Fsp3) is 1.00. The molecule has 2 heterocycles. The summed E-state index contributed by atoms with van der Waals surface area (Å²) in [5.41, 5.74) is 0. The van der Waals surface area contributed by atoms with Crippen molar-refractivity contribution in [3.63, 3.8) is 0 Å². The topological polar surface area (TPSA) is 32.7 Å². The lowest BCUT2D eigenvalue weighted by atomic mass is 9.98. The van der Waals surface area contributed by atoms with Gasteiger partial charge in [0.05, 0.1) is 6.10 Å². The normalized spacial score (nSPS) is 38.0. The summed E-state index contributed by atoms with van der Waals surface area (Å²) in [4.78, 5) is 2.65. The van der Waals surface area contributed by atoms with Gasteiger partial charge in [-0.2, -0.15) is 0 Å². The molecule has 3 rings (SSSR count). The van der Waals surface area contributed by atoms with Crippen molar-refractivity contribution in [2.24, 2.45) is 11.8 Å². The molecular formula is C15H27NO2. The van der Waals surface area contributed by atoms with Crippen LogP contribution < -0.4 is 0 Å². The highest BCUT2D eigenvalue weighted by Gasteiger charge is 2.41. The highest BCUT2D eigenvalue weighted by Crippen LogP contribution is 2.38. The van der Waals surface area contributed by atoms with Crippen molar-refractivity contribution in [2.45, 2.75) is 63.6 Å². The number of hydrogen-bond acceptors (Lipinski definition) is 3. The Hall–Kier alpha value is -0.120. The van der Waals surface area contributed by atoms with Crippen molar-refractivity contribution < 1.29 is 9.84 Å². The Morgan fingerprint density at radius 2 is 1.83 bits per heavy atom. The van der Waals surface area contributed by atoms with E-state index in [1.165, 1.54) is 38.5 Å². The maximum absolute atomic E-state index is 9.21. The number of piperidine rings is 1. The number of ether oxygens (including phenoxy) is 1. The molecule has 3 aliphatic rings. The van der Waals surface area contributed by atoms with Gasteiger partial charge in [0.25, 0.3) is 0 Å². The van der Waals surface area contributed by atoms with Gasteiger partial charge in [0.2, 0.25) is 0 Å². The van der Waals surface area contributed by atoms with Crippen LogP contribution in [0.25, 0.3) is 0 Å². The van der Waals surface area contributed by atoms with E-state index in [0.717, 1.165) is 31.2 Å². The molecule has 0 aromatic rings. The summed E-state index contributed by atoms with van der Waals surface area (Å²) in [6, 6.07) is 1.45. The minimum absolute atomic E-state index is 0.317. The van der Waals surface area contributed by atoms with E-state index in [1.54, 1.807) is 0 Å². The van der Waals surface area contributed by atoms with E-state index < -0.39 is 0 Å². The first kappa shape index (κ1) is 12.9. The molecule has 0 radical (unpaired) electrons. The van der Waals surface area contributed by atoms with Crippen LogP contribution >= 0.6 is 0 Å². The van der Waals surface area contributed by atoms with E-state index in [4.69, 9.17) is 4.74 Å². The Labute approximate surface area is 110 Å². The van der Waals surface area contributed by atoms with Crippen LogP contribution in [-0.2, 0) is 4.74 Å². The summed E-state index contributed by atoms with van der Waals surface area (Å²) in [6.45, 7) is 4.55. The monoisotopic (exact) mass is 253 g/mol. The van der Waals surface area contributed by atoms with Gasteiger partial charge in [-0.1, -0.05) is 6.92 Å². The SMILES string of the molecule is C[C@@H](CO)CN1[C@@H]2CC[C@H]1C[C@@H](OCC1CC1)C2. The maximum atomic E-state index is 9.21. The second kappa shape index (κ2) is 5.48. The fourth-order valence-electron chi connectivity index (χ4n) is 3.63. The second-order valence-corrected chi connectivity index (χ2v) is 6.74. The molecule has 1 aliphatic carbocycles. The summed E-state index contributed by atoms with van der Waals surface area (Å²) in [5, 5.41) is 9.21. The van der Waals surface area contributed by atoms with Crippen LogP contribution in [0.2, 0.25) is 0 Å². The molecule has 0 spiro atoms. The third-order valence-corrected chi connectivity index (χ3v) is 4.94. The van der Waals surface area contributed by atoms with E-state index in [1.807, 2.05) is 0 Å². The molecule has 0 aromatic heterocycles. The molecule has 3 fully saturated rings. The zero-order valence-corrected chi connectivity index (χ0v) is 11.6. The summed E-state index contributed by atoms with van der Waals surface area (Å²) in [5.74, 6) is 1.30. The van der Waals surface area contributed by atoms with Crippen molar-refractivity contribution in [3.8, 4) is 0 Å². The van der Waals surface area contributed by atoms with Crippen LogP contribution in [0.5, 0.6) is 0 Å². The summed E-state index contributed by atoms with van der Waals surface area (Å²) < 4.78 is 6.09. The Balaban J connectivity index is 1.49. The number of nitrogens with zero attached hydrogens (tertiary/aromatic N) is 1. The van der Waals surface area contributed by atoms with Gasteiger partial charge < -0.3 is 9.84 Å². The summed E-state index contributed by atoms with van der Waals surface area (Å²) in [6.07, 6.45) is 8.42. The molecule has 0 amide bonds. The standard InChI is InChI=1S/C15H27NO2/c1-11(9-17)8-16-13-4-5-14(16)7-15(6-13)18-10-12-2-3-12/h11-15,17H,2-10H2,1H3/t11-,13-,14+,15+/m1/s1. The Morgan fingerprint density at radius 1 is 1.17 bits per heavy atom. The first-order valence-electron chi connectivity index (χ1n) is 7.74. The van der Waals surface area contributed by atoms with Gasteiger partial charge in [0.15, 0.2) is 0 Å². The van der Waals surface area contributed by atoms with E-state index >= 15 is 0 Å². The lowest BCUT2D eigenvalue weighted by molar-refractivity contribution is -0.0288. The molecule has 104 valence electrons. The van der Waals surface area contributed by atoms with E-state index in [0.29, 0.717) is 18.6 Å². The summed E-state index contributed by atoms with van der Waals surface area (Å²) >= 11 is 0. The molecule has 4 atom stereocenters. The average molecular weight is 253 g/mol. The molecule has 0 unspecified atom stereocenters. The van der Waals surface area contributed by atoms with Crippen LogP contribution in [0.3, 0.4) is 0 Å². The van der Waals surface area contributed by atoms with E-state index in [2.05, 4.69) is 11.8 Å². The minimum atomic E-state index is 0.317. The molecule has 0 aromatic carbocycles. The predicted octanol–water partition coefficient (Wildman–Crippen LogP) is 2.04. The van der Waals surface area contributed by atoms with Crippen LogP contribution in [0.1, 0.15) is 45.4 Å². The predicted molar refractivity (Wildman–Crippen MR) is 71.5 cm³/mol. The molecule has 1 saturated carbocycles. The van der Waals surface area contributed by atoms with Gasteiger partial charge in [-0.25, -0.2) is 0 Å². The molecule has 2 saturated heterocycles. The third-order valence-electron chi connectivity index (χ3n) is 4.94. The zero-order valence-electron chi connectivity index (χ0n) is 11.6. The van der Waals surface area contributed by atoms with E-state index in [-0.39, 0.29) is 0 Å².